The maximum absolute atomic E-state index is 11.7. The molecular weight excluding hydrogens is 236 g/mol. The van der Waals surface area contributed by atoms with Gasteiger partial charge in [-0.2, -0.15) is 0 Å². The second-order valence-corrected chi connectivity index (χ2v) is 3.93. The van der Waals surface area contributed by atoms with E-state index in [1.165, 1.54) is 25.3 Å². The number of carbonyl (C=O) groups is 1. The molecule has 6 nitrogen and oxygen atoms in total. The van der Waals surface area contributed by atoms with Crippen LogP contribution in [0.15, 0.2) is 18.2 Å². The lowest BCUT2D eigenvalue weighted by Crippen LogP contribution is -2.28. The number of amides is 1. The molecule has 0 aliphatic carbocycles. The lowest BCUT2D eigenvalue weighted by Gasteiger charge is -2.10. The van der Waals surface area contributed by atoms with Crippen LogP contribution in [0.25, 0.3) is 0 Å². The Labute approximate surface area is 105 Å². The zero-order valence-electron chi connectivity index (χ0n) is 10.2. The molecule has 1 atom stereocenters. The predicted molar refractivity (Wildman–Crippen MR) is 67.4 cm³/mol. The number of nitrogen functional groups attached to an aromatic ring is 1. The van der Waals surface area contributed by atoms with Gasteiger partial charge >= 0.3 is 0 Å². The summed E-state index contributed by atoms with van der Waals surface area (Å²) >= 11 is 0. The van der Waals surface area contributed by atoms with Crippen molar-refractivity contribution in [2.24, 2.45) is 0 Å². The minimum atomic E-state index is -0.602. The molecule has 6 heteroatoms. The van der Waals surface area contributed by atoms with Crippen molar-refractivity contribution in [2.75, 3.05) is 26.0 Å². The van der Waals surface area contributed by atoms with Crippen molar-refractivity contribution in [1.29, 1.82) is 0 Å². The van der Waals surface area contributed by atoms with Crippen LogP contribution in [0.4, 0.5) is 5.69 Å². The molecule has 0 radical (unpaired) electrons. The fourth-order valence-corrected chi connectivity index (χ4v) is 1.42. The number of benzene rings is 1. The summed E-state index contributed by atoms with van der Waals surface area (Å²) in [5.74, 6) is -0.447. The van der Waals surface area contributed by atoms with Gasteiger partial charge < -0.3 is 26.0 Å². The van der Waals surface area contributed by atoms with Gasteiger partial charge in [0.15, 0.2) is 0 Å². The third-order valence-electron chi connectivity index (χ3n) is 2.41. The number of aliphatic hydroxyl groups excluding tert-OH is 1. The Balaban J connectivity index is 2.43. The number of phenolic OH excluding ortho intramolecular Hbond substituents is 1. The van der Waals surface area contributed by atoms with E-state index >= 15 is 0 Å². The number of rotatable bonds is 6. The second-order valence-electron chi connectivity index (χ2n) is 3.93. The fraction of sp³-hybridized carbons (Fsp3) is 0.417. The third-order valence-corrected chi connectivity index (χ3v) is 2.41. The monoisotopic (exact) mass is 254 g/mol. The minimum Gasteiger partial charge on any atom is -0.506 e. The summed E-state index contributed by atoms with van der Waals surface area (Å²) in [7, 11) is 1.50. The maximum atomic E-state index is 11.7. The first-order chi connectivity index (χ1) is 8.54. The van der Waals surface area contributed by atoms with E-state index in [0.29, 0.717) is 18.5 Å². The first kappa shape index (κ1) is 14.3. The molecule has 0 aliphatic heterocycles. The Morgan fingerprint density at radius 3 is 2.89 bits per heavy atom. The summed E-state index contributed by atoms with van der Waals surface area (Å²) < 4.78 is 4.77. The fourth-order valence-electron chi connectivity index (χ4n) is 1.42. The maximum Gasteiger partial charge on any atom is 0.251 e. The Morgan fingerprint density at radius 2 is 2.28 bits per heavy atom. The zero-order valence-corrected chi connectivity index (χ0v) is 10.2. The highest BCUT2D eigenvalue weighted by Gasteiger charge is 2.09. The largest absolute Gasteiger partial charge is 0.506 e. The van der Waals surface area contributed by atoms with Gasteiger partial charge in [0.2, 0.25) is 0 Å². The zero-order chi connectivity index (χ0) is 13.5. The van der Waals surface area contributed by atoms with Crippen molar-refractivity contribution < 1.29 is 19.7 Å². The highest BCUT2D eigenvalue weighted by Crippen LogP contribution is 2.20. The summed E-state index contributed by atoms with van der Waals surface area (Å²) in [5, 5.41) is 21.4. The molecule has 5 N–H and O–H groups in total. The SMILES string of the molecule is COCC(O)CCNC(=O)c1ccc(N)c(O)c1. The van der Waals surface area contributed by atoms with E-state index in [1.807, 2.05) is 0 Å². The van der Waals surface area contributed by atoms with Gasteiger partial charge in [0.05, 0.1) is 18.4 Å². The highest BCUT2D eigenvalue weighted by atomic mass is 16.5. The van der Waals surface area contributed by atoms with E-state index in [9.17, 15) is 15.0 Å². The predicted octanol–water partition coefficient (Wildman–Crippen LogP) is 0.102. The van der Waals surface area contributed by atoms with Crippen LogP contribution in [-0.2, 0) is 4.74 Å². The minimum absolute atomic E-state index is 0.123. The number of nitrogens with one attached hydrogen (secondary N) is 1. The molecule has 0 aromatic heterocycles. The molecule has 1 rings (SSSR count). The smallest absolute Gasteiger partial charge is 0.251 e. The van der Waals surface area contributed by atoms with Crippen LogP contribution in [0.2, 0.25) is 0 Å². The van der Waals surface area contributed by atoms with E-state index in [2.05, 4.69) is 5.32 Å². The highest BCUT2D eigenvalue weighted by molar-refractivity contribution is 5.95. The van der Waals surface area contributed by atoms with Gasteiger partial charge in [0, 0.05) is 19.2 Å². The molecule has 18 heavy (non-hydrogen) atoms. The average molecular weight is 254 g/mol. The van der Waals surface area contributed by atoms with Crippen LogP contribution in [0, 0.1) is 0 Å². The van der Waals surface area contributed by atoms with E-state index < -0.39 is 6.10 Å². The van der Waals surface area contributed by atoms with E-state index in [0.717, 1.165) is 0 Å². The number of carbonyl (C=O) groups excluding carboxylic acids is 1. The van der Waals surface area contributed by atoms with E-state index in [4.69, 9.17) is 10.5 Å². The Bertz CT molecular complexity index is 409. The molecule has 1 unspecified atom stereocenters. The first-order valence-corrected chi connectivity index (χ1v) is 5.58. The van der Waals surface area contributed by atoms with Gasteiger partial charge in [0.25, 0.3) is 5.91 Å². The van der Waals surface area contributed by atoms with Crippen molar-refractivity contribution in [2.45, 2.75) is 12.5 Å². The lowest BCUT2D eigenvalue weighted by atomic mass is 10.1. The molecule has 0 bridgehead atoms. The summed E-state index contributed by atoms with van der Waals surface area (Å²) in [6, 6.07) is 4.29. The Morgan fingerprint density at radius 1 is 1.56 bits per heavy atom. The molecule has 0 saturated carbocycles. The Hall–Kier alpha value is -1.79. The number of methoxy groups -OCH3 is 1. The van der Waals surface area contributed by atoms with Gasteiger partial charge in [-0.25, -0.2) is 0 Å². The standard InChI is InChI=1S/C12H18N2O4/c1-18-7-9(15)4-5-14-12(17)8-2-3-10(13)11(16)6-8/h2-3,6,9,15-16H,4-5,7,13H2,1H3,(H,14,17). The second kappa shape index (κ2) is 6.83. The molecule has 1 aromatic carbocycles. The normalized spacial score (nSPS) is 12.1. The molecule has 1 aromatic rings. The molecule has 0 spiro atoms. The van der Waals surface area contributed by atoms with Crippen LogP contribution >= 0.6 is 0 Å². The number of anilines is 1. The Kier molecular flexibility index (Phi) is 5.41. The number of phenols is 1. The first-order valence-electron chi connectivity index (χ1n) is 5.58. The van der Waals surface area contributed by atoms with Crippen LogP contribution in [0.5, 0.6) is 5.75 Å². The molecular formula is C12H18N2O4. The third kappa shape index (κ3) is 4.23. The molecule has 0 heterocycles. The molecule has 0 saturated heterocycles. The number of nitrogens with two attached hydrogens (primary N) is 1. The van der Waals surface area contributed by atoms with Gasteiger partial charge in [-0.15, -0.1) is 0 Å². The summed E-state index contributed by atoms with van der Waals surface area (Å²) in [4.78, 5) is 11.7. The molecule has 100 valence electrons. The van der Waals surface area contributed by atoms with Crippen LogP contribution < -0.4 is 11.1 Å². The van der Waals surface area contributed by atoms with Crippen LogP contribution in [0.1, 0.15) is 16.8 Å². The van der Waals surface area contributed by atoms with Gasteiger partial charge in [0.1, 0.15) is 5.75 Å². The van der Waals surface area contributed by atoms with Crippen molar-refractivity contribution in [1.82, 2.24) is 5.32 Å². The number of aliphatic hydroxyl groups is 1. The summed E-state index contributed by atoms with van der Waals surface area (Å²) in [5.41, 5.74) is 5.98. The summed E-state index contributed by atoms with van der Waals surface area (Å²) in [6.07, 6.45) is -0.198. The van der Waals surface area contributed by atoms with E-state index in [1.54, 1.807) is 0 Å². The van der Waals surface area contributed by atoms with Gasteiger partial charge in [-0.1, -0.05) is 0 Å². The van der Waals surface area contributed by atoms with Crippen molar-refractivity contribution in [3.8, 4) is 5.75 Å². The summed E-state index contributed by atoms with van der Waals surface area (Å²) in [6.45, 7) is 0.563. The van der Waals surface area contributed by atoms with E-state index in [-0.39, 0.29) is 24.0 Å². The topological polar surface area (TPSA) is 105 Å². The molecule has 0 fully saturated rings. The van der Waals surface area contributed by atoms with Gasteiger partial charge in [-0.05, 0) is 24.6 Å². The van der Waals surface area contributed by atoms with Crippen LogP contribution in [-0.4, -0.2) is 42.5 Å². The lowest BCUT2D eigenvalue weighted by molar-refractivity contribution is 0.0587. The van der Waals surface area contributed by atoms with Crippen LogP contribution in [0.3, 0.4) is 0 Å². The number of ether oxygens (including phenoxy) is 1. The quantitative estimate of drug-likeness (QED) is 0.426. The number of hydrogen-bond acceptors (Lipinski definition) is 5. The molecule has 1 amide bonds. The van der Waals surface area contributed by atoms with Crippen molar-refractivity contribution >= 4 is 11.6 Å². The average Bonchev–Trinajstić information content (AvgIpc) is 2.33. The number of hydrogen-bond donors (Lipinski definition) is 4. The van der Waals surface area contributed by atoms with Crippen molar-refractivity contribution in [3.05, 3.63) is 23.8 Å². The molecule has 0 aliphatic rings. The van der Waals surface area contributed by atoms with Gasteiger partial charge in [-0.3, -0.25) is 4.79 Å². The number of aromatic hydroxyl groups is 1. The van der Waals surface area contributed by atoms with Crippen molar-refractivity contribution in [3.63, 3.8) is 0 Å².